The van der Waals surface area contributed by atoms with Crippen LogP contribution < -0.4 is 10.6 Å². The lowest BCUT2D eigenvalue weighted by molar-refractivity contribution is 0.0948. The molecule has 2 rings (SSSR count). The van der Waals surface area contributed by atoms with Gasteiger partial charge >= 0.3 is 0 Å². The van der Waals surface area contributed by atoms with Crippen LogP contribution in [0.4, 0.5) is 10.2 Å². The van der Waals surface area contributed by atoms with Crippen LogP contribution in [-0.4, -0.2) is 35.5 Å². The lowest BCUT2D eigenvalue weighted by atomic mass is 10.1. The molecular weight excluding hydrogens is 265 g/mol. The molecular formula is C13H18FN3OS. The highest BCUT2D eigenvalue weighted by Crippen LogP contribution is 2.22. The number of amides is 1. The molecule has 1 aliphatic heterocycles. The van der Waals surface area contributed by atoms with Crippen molar-refractivity contribution in [1.82, 2.24) is 10.3 Å². The third-order valence-corrected chi connectivity index (χ3v) is 4.25. The van der Waals surface area contributed by atoms with Gasteiger partial charge in [-0.15, -0.1) is 0 Å². The first kappa shape index (κ1) is 14.1. The van der Waals surface area contributed by atoms with Gasteiger partial charge < -0.3 is 10.6 Å². The van der Waals surface area contributed by atoms with E-state index in [1.165, 1.54) is 6.07 Å². The van der Waals surface area contributed by atoms with Gasteiger partial charge in [0.05, 0.1) is 11.8 Å². The van der Waals surface area contributed by atoms with Crippen molar-refractivity contribution in [2.24, 2.45) is 5.92 Å². The van der Waals surface area contributed by atoms with Gasteiger partial charge in [0.15, 0.2) is 0 Å². The van der Waals surface area contributed by atoms with Gasteiger partial charge in [-0.05, 0) is 36.8 Å². The van der Waals surface area contributed by atoms with E-state index in [-0.39, 0.29) is 11.5 Å². The summed E-state index contributed by atoms with van der Waals surface area (Å²) in [7, 11) is 0. The standard InChI is InChI=1S/C13H18FN3OS/c1-2-15-12-11(5-10(14)7-16-12)13(18)17-6-9-3-4-19-8-9/h5,7,9H,2-4,6,8H2,1H3,(H,15,16)(H,17,18). The molecule has 19 heavy (non-hydrogen) atoms. The Morgan fingerprint density at radius 2 is 2.47 bits per heavy atom. The average molecular weight is 283 g/mol. The average Bonchev–Trinajstić information content (AvgIpc) is 2.91. The summed E-state index contributed by atoms with van der Waals surface area (Å²) >= 11 is 1.91. The maximum Gasteiger partial charge on any atom is 0.255 e. The number of hydrogen-bond donors (Lipinski definition) is 2. The van der Waals surface area contributed by atoms with Crippen molar-refractivity contribution in [2.45, 2.75) is 13.3 Å². The molecule has 1 atom stereocenters. The maximum absolute atomic E-state index is 13.2. The van der Waals surface area contributed by atoms with Crippen LogP contribution in [0.2, 0.25) is 0 Å². The predicted octanol–water partition coefficient (Wildman–Crippen LogP) is 2.14. The molecule has 1 amide bonds. The zero-order valence-corrected chi connectivity index (χ0v) is 11.7. The zero-order valence-electron chi connectivity index (χ0n) is 10.9. The molecule has 4 nitrogen and oxygen atoms in total. The van der Waals surface area contributed by atoms with Crippen LogP contribution in [0.5, 0.6) is 0 Å². The molecule has 1 aromatic heterocycles. The predicted molar refractivity (Wildman–Crippen MR) is 76.1 cm³/mol. The van der Waals surface area contributed by atoms with Crippen molar-refractivity contribution < 1.29 is 9.18 Å². The van der Waals surface area contributed by atoms with E-state index in [4.69, 9.17) is 0 Å². The highest BCUT2D eigenvalue weighted by atomic mass is 32.2. The van der Waals surface area contributed by atoms with E-state index < -0.39 is 5.82 Å². The topological polar surface area (TPSA) is 54.0 Å². The molecule has 1 aliphatic rings. The van der Waals surface area contributed by atoms with Crippen molar-refractivity contribution in [3.8, 4) is 0 Å². The van der Waals surface area contributed by atoms with Gasteiger partial charge in [0.1, 0.15) is 11.6 Å². The molecule has 0 aliphatic carbocycles. The second-order valence-corrected chi connectivity index (χ2v) is 5.67. The summed E-state index contributed by atoms with van der Waals surface area (Å²) in [4.78, 5) is 16.0. The van der Waals surface area contributed by atoms with Crippen molar-refractivity contribution in [1.29, 1.82) is 0 Å². The minimum atomic E-state index is -0.497. The molecule has 2 heterocycles. The van der Waals surface area contributed by atoms with Crippen LogP contribution in [0, 0.1) is 11.7 Å². The molecule has 1 fully saturated rings. The molecule has 0 radical (unpaired) electrons. The van der Waals surface area contributed by atoms with E-state index in [2.05, 4.69) is 15.6 Å². The molecule has 0 spiro atoms. The van der Waals surface area contributed by atoms with E-state index in [9.17, 15) is 9.18 Å². The smallest absolute Gasteiger partial charge is 0.255 e. The van der Waals surface area contributed by atoms with Gasteiger partial charge in [0, 0.05) is 13.1 Å². The van der Waals surface area contributed by atoms with E-state index in [0.717, 1.165) is 24.1 Å². The fourth-order valence-electron chi connectivity index (χ4n) is 2.00. The number of thioether (sulfide) groups is 1. The summed E-state index contributed by atoms with van der Waals surface area (Å²) in [6.45, 7) is 3.19. The molecule has 0 bridgehead atoms. The van der Waals surface area contributed by atoms with Crippen molar-refractivity contribution in [2.75, 3.05) is 29.9 Å². The zero-order chi connectivity index (χ0) is 13.7. The molecule has 1 aromatic rings. The monoisotopic (exact) mass is 283 g/mol. The van der Waals surface area contributed by atoms with Gasteiger partial charge in [-0.1, -0.05) is 0 Å². The summed E-state index contributed by atoms with van der Waals surface area (Å²) in [6.07, 6.45) is 2.24. The first-order valence-electron chi connectivity index (χ1n) is 6.46. The van der Waals surface area contributed by atoms with E-state index in [0.29, 0.717) is 24.8 Å². The summed E-state index contributed by atoms with van der Waals surface area (Å²) in [6, 6.07) is 1.23. The highest BCUT2D eigenvalue weighted by molar-refractivity contribution is 7.99. The number of aromatic nitrogens is 1. The number of carbonyl (C=O) groups excluding carboxylic acids is 1. The number of halogens is 1. The third-order valence-electron chi connectivity index (χ3n) is 3.02. The fourth-order valence-corrected chi connectivity index (χ4v) is 3.28. The van der Waals surface area contributed by atoms with Gasteiger partial charge in [-0.3, -0.25) is 4.79 Å². The van der Waals surface area contributed by atoms with E-state index in [1.54, 1.807) is 0 Å². The molecule has 2 N–H and O–H groups in total. The van der Waals surface area contributed by atoms with Crippen LogP contribution in [0.25, 0.3) is 0 Å². The van der Waals surface area contributed by atoms with E-state index in [1.807, 2.05) is 18.7 Å². The largest absolute Gasteiger partial charge is 0.370 e. The van der Waals surface area contributed by atoms with Crippen LogP contribution in [-0.2, 0) is 0 Å². The van der Waals surface area contributed by atoms with Gasteiger partial charge in [0.25, 0.3) is 5.91 Å². The van der Waals surface area contributed by atoms with Crippen molar-refractivity contribution in [3.63, 3.8) is 0 Å². The van der Waals surface area contributed by atoms with E-state index >= 15 is 0 Å². The minimum absolute atomic E-state index is 0.264. The van der Waals surface area contributed by atoms with Gasteiger partial charge in [0.2, 0.25) is 0 Å². The summed E-state index contributed by atoms with van der Waals surface area (Å²) in [5.41, 5.74) is 0.271. The quantitative estimate of drug-likeness (QED) is 0.869. The van der Waals surface area contributed by atoms with Gasteiger partial charge in [-0.2, -0.15) is 11.8 Å². The summed E-state index contributed by atoms with van der Waals surface area (Å²) in [5.74, 6) is 2.44. The number of rotatable bonds is 5. The second-order valence-electron chi connectivity index (χ2n) is 4.52. The Bertz CT molecular complexity index is 450. The normalized spacial score (nSPS) is 18.3. The Hall–Kier alpha value is -1.30. The minimum Gasteiger partial charge on any atom is -0.370 e. The third kappa shape index (κ3) is 3.83. The Labute approximate surface area is 116 Å². The Kier molecular flexibility index (Phi) is 5.01. The molecule has 1 unspecified atom stereocenters. The summed E-state index contributed by atoms with van der Waals surface area (Å²) < 4.78 is 13.2. The number of pyridine rings is 1. The number of nitrogens with zero attached hydrogens (tertiary/aromatic N) is 1. The second kappa shape index (κ2) is 6.75. The summed E-state index contributed by atoms with van der Waals surface area (Å²) in [5, 5.41) is 5.84. The lowest BCUT2D eigenvalue weighted by Gasteiger charge is -2.12. The maximum atomic E-state index is 13.2. The molecule has 0 aromatic carbocycles. The van der Waals surface area contributed by atoms with Crippen molar-refractivity contribution in [3.05, 3.63) is 23.6 Å². The lowest BCUT2D eigenvalue weighted by Crippen LogP contribution is -2.30. The Morgan fingerprint density at radius 3 is 3.16 bits per heavy atom. The van der Waals surface area contributed by atoms with Crippen LogP contribution in [0.15, 0.2) is 12.3 Å². The first-order chi connectivity index (χ1) is 9.20. The number of nitrogens with one attached hydrogen (secondary N) is 2. The fraction of sp³-hybridized carbons (Fsp3) is 0.538. The molecule has 6 heteroatoms. The van der Waals surface area contributed by atoms with Crippen LogP contribution >= 0.6 is 11.8 Å². The number of anilines is 1. The Morgan fingerprint density at radius 1 is 1.63 bits per heavy atom. The molecule has 1 saturated heterocycles. The molecule has 104 valence electrons. The van der Waals surface area contributed by atoms with Crippen LogP contribution in [0.3, 0.4) is 0 Å². The first-order valence-corrected chi connectivity index (χ1v) is 7.61. The number of hydrogen-bond acceptors (Lipinski definition) is 4. The highest BCUT2D eigenvalue weighted by Gasteiger charge is 2.18. The Balaban J connectivity index is 2.02. The molecule has 0 saturated carbocycles. The van der Waals surface area contributed by atoms with Crippen molar-refractivity contribution >= 4 is 23.5 Å². The van der Waals surface area contributed by atoms with Gasteiger partial charge in [-0.25, -0.2) is 9.37 Å². The van der Waals surface area contributed by atoms with Crippen LogP contribution in [0.1, 0.15) is 23.7 Å². The number of carbonyl (C=O) groups is 1. The SMILES string of the molecule is CCNc1ncc(F)cc1C(=O)NCC1CCSC1.